The van der Waals surface area contributed by atoms with E-state index in [1.54, 1.807) is 24.3 Å². The molecule has 84 valence electrons. The third-order valence-corrected chi connectivity index (χ3v) is 4.87. The molecule has 1 aromatic heterocycles. The van der Waals surface area contributed by atoms with Crippen LogP contribution in [0.25, 0.3) is 15.3 Å². The number of halogens is 1. The molecule has 0 saturated heterocycles. The van der Waals surface area contributed by atoms with Gasteiger partial charge in [-0.3, -0.25) is 0 Å². The van der Waals surface area contributed by atoms with Crippen LogP contribution in [0.2, 0.25) is 0 Å². The molecule has 3 aromatic rings. The average molecular weight is 292 g/mol. The number of aromatic nitrogens is 1. The van der Waals surface area contributed by atoms with E-state index in [2.05, 4.69) is 0 Å². The Morgan fingerprint density at radius 3 is 2.47 bits per heavy atom. The molecule has 1 heterocycles. The van der Waals surface area contributed by atoms with Gasteiger partial charge in [0.1, 0.15) is 0 Å². The van der Waals surface area contributed by atoms with Gasteiger partial charge in [-0.15, -0.1) is 0 Å². The van der Waals surface area contributed by atoms with Crippen molar-refractivity contribution >= 4 is 24.4 Å². The molecule has 3 rings (SSSR count). The third kappa shape index (κ3) is 1.66. The van der Waals surface area contributed by atoms with Crippen molar-refractivity contribution in [3.05, 3.63) is 64.7 Å². The zero-order chi connectivity index (χ0) is 11.8. The Morgan fingerprint density at radius 2 is 1.71 bits per heavy atom. The van der Waals surface area contributed by atoms with Crippen molar-refractivity contribution in [3.8, 4) is 5.69 Å². The van der Waals surface area contributed by atoms with Gasteiger partial charge in [0.25, 0.3) is 0 Å². The molecule has 0 amide bonds. The van der Waals surface area contributed by atoms with E-state index in [9.17, 15) is 9.18 Å². The Morgan fingerprint density at radius 1 is 1.00 bits per heavy atom. The number of nitrogens with zero attached hydrogens (tertiary/aromatic N) is 1. The van der Waals surface area contributed by atoms with Crippen LogP contribution in [-0.4, -0.2) is 18.3 Å². The third-order valence-electron chi connectivity index (χ3n) is 2.56. The molecule has 17 heavy (non-hydrogen) atoms. The molecule has 0 radical (unpaired) electrons. The first kappa shape index (κ1) is 10.5. The van der Waals surface area contributed by atoms with Gasteiger partial charge in [-0.05, 0) is 0 Å². The first-order valence-electron chi connectivity index (χ1n) is 5.13. The minimum absolute atomic E-state index is 0.106. The van der Waals surface area contributed by atoms with Gasteiger partial charge in [-0.2, -0.15) is 0 Å². The second kappa shape index (κ2) is 3.99. The van der Waals surface area contributed by atoms with Gasteiger partial charge in [0.05, 0.1) is 0 Å². The number of hydrogen-bond acceptors (Lipinski definition) is 1. The summed E-state index contributed by atoms with van der Waals surface area (Å²) in [4.78, 5) is 12.1. The van der Waals surface area contributed by atoms with Gasteiger partial charge in [0, 0.05) is 0 Å². The van der Waals surface area contributed by atoms with Crippen LogP contribution >= 0.6 is 0 Å². The number of fused-ring (bicyclic) bond motifs is 1. The number of hydrogen-bond donors (Lipinski definition) is 0. The molecule has 0 aliphatic carbocycles. The van der Waals surface area contributed by atoms with Gasteiger partial charge in [-0.25, -0.2) is 0 Å². The van der Waals surface area contributed by atoms with Crippen molar-refractivity contribution in [2.75, 3.05) is 0 Å². The first-order valence-corrected chi connectivity index (χ1v) is 6.75. The van der Waals surface area contributed by atoms with Crippen molar-refractivity contribution in [2.24, 2.45) is 0 Å². The average Bonchev–Trinajstić information content (AvgIpc) is 2.68. The van der Waals surface area contributed by atoms with E-state index in [4.69, 9.17) is 0 Å². The van der Waals surface area contributed by atoms with E-state index in [-0.39, 0.29) is 26.1 Å². The topological polar surface area (TPSA) is 22.0 Å². The van der Waals surface area contributed by atoms with E-state index in [1.807, 2.05) is 18.2 Å². The maximum absolute atomic E-state index is 13.7. The van der Waals surface area contributed by atoms with Crippen LogP contribution in [-0.2, 0) is 0 Å². The Kier molecular flexibility index (Phi) is 2.46. The maximum atomic E-state index is 13.7. The molecule has 2 nitrogen and oxygen atoms in total. The van der Waals surface area contributed by atoms with E-state index >= 15 is 0 Å². The van der Waals surface area contributed by atoms with Crippen LogP contribution in [0.5, 0.6) is 0 Å². The molecular weight excluding hydrogens is 284 g/mol. The van der Waals surface area contributed by atoms with Gasteiger partial charge >= 0.3 is 103 Å². The molecule has 2 aromatic carbocycles. The van der Waals surface area contributed by atoms with Crippen LogP contribution in [0.4, 0.5) is 4.39 Å². The van der Waals surface area contributed by atoms with Gasteiger partial charge in [0.2, 0.25) is 0 Å². The molecule has 0 fully saturated rings. The van der Waals surface area contributed by atoms with Crippen LogP contribution in [0.15, 0.2) is 53.3 Å². The quantitative estimate of drug-likeness (QED) is 0.630. The molecule has 0 aliphatic rings. The predicted molar refractivity (Wildman–Crippen MR) is 66.4 cm³/mol. The SMILES string of the molecule is O=c1c2ccccc2[se]n1-c1ccccc1F. The Hall–Kier alpha value is -1.64. The second-order valence-electron chi connectivity index (χ2n) is 3.64. The van der Waals surface area contributed by atoms with E-state index in [0.29, 0.717) is 11.1 Å². The van der Waals surface area contributed by atoms with Gasteiger partial charge in [0.15, 0.2) is 0 Å². The van der Waals surface area contributed by atoms with Crippen molar-refractivity contribution in [1.82, 2.24) is 3.56 Å². The van der Waals surface area contributed by atoms with Gasteiger partial charge in [-0.1, -0.05) is 0 Å². The van der Waals surface area contributed by atoms with Crippen LogP contribution in [0.1, 0.15) is 0 Å². The predicted octanol–water partition coefficient (Wildman–Crippen LogP) is 2.19. The molecule has 0 unspecified atom stereocenters. The second-order valence-corrected chi connectivity index (χ2v) is 5.71. The van der Waals surface area contributed by atoms with E-state index in [0.717, 1.165) is 4.26 Å². The summed E-state index contributed by atoms with van der Waals surface area (Å²) in [6.07, 6.45) is 0. The van der Waals surface area contributed by atoms with Crippen molar-refractivity contribution in [1.29, 1.82) is 0 Å². The molecule has 4 heteroatoms. The Bertz CT molecular complexity index is 744. The van der Waals surface area contributed by atoms with E-state index in [1.165, 1.54) is 9.63 Å². The van der Waals surface area contributed by atoms with Gasteiger partial charge < -0.3 is 0 Å². The fourth-order valence-corrected chi connectivity index (χ4v) is 3.88. The minimum atomic E-state index is -0.351. The summed E-state index contributed by atoms with van der Waals surface area (Å²) in [7, 11) is 0. The zero-order valence-corrected chi connectivity index (χ0v) is 10.5. The Labute approximate surface area is 103 Å². The fourth-order valence-electron chi connectivity index (χ4n) is 1.75. The first-order chi connectivity index (χ1) is 8.27. The fraction of sp³-hybridized carbons (Fsp3) is 0. The molecule has 0 saturated carbocycles. The summed E-state index contributed by atoms with van der Waals surface area (Å²) < 4.78 is 16.2. The molecule has 0 N–H and O–H groups in total. The van der Waals surface area contributed by atoms with Crippen molar-refractivity contribution < 1.29 is 4.39 Å². The summed E-state index contributed by atoms with van der Waals surface area (Å²) in [5, 5.41) is 0.691. The monoisotopic (exact) mass is 293 g/mol. The van der Waals surface area contributed by atoms with Crippen molar-refractivity contribution in [3.63, 3.8) is 0 Å². The van der Waals surface area contributed by atoms with Crippen molar-refractivity contribution in [2.45, 2.75) is 0 Å². The number of benzene rings is 2. The summed E-state index contributed by atoms with van der Waals surface area (Å²) in [6.45, 7) is 0. The number of rotatable bonds is 1. The van der Waals surface area contributed by atoms with Crippen LogP contribution in [0, 0.1) is 5.82 Å². The molecular formula is C13H8FNOSe. The van der Waals surface area contributed by atoms with Crippen LogP contribution < -0.4 is 5.56 Å². The molecule has 0 aliphatic heterocycles. The summed E-state index contributed by atoms with van der Waals surface area (Å²) in [6, 6.07) is 13.8. The molecule has 0 atom stereocenters. The zero-order valence-electron chi connectivity index (χ0n) is 8.76. The summed E-state index contributed by atoms with van der Waals surface area (Å²) in [5.74, 6) is -0.351. The molecule has 0 spiro atoms. The standard InChI is InChI=1S/C13H8FNOSe/c14-10-6-2-3-7-11(10)15-13(16)9-5-1-4-8-12(9)17-15/h1-8H. The molecule has 0 bridgehead atoms. The van der Waals surface area contributed by atoms with E-state index < -0.39 is 0 Å². The Balaban J connectivity index is 2.36. The summed E-state index contributed by atoms with van der Waals surface area (Å²) >= 11 is -0.171. The summed E-state index contributed by atoms with van der Waals surface area (Å²) in [5.41, 5.74) is 0.263. The number of para-hydroxylation sites is 1. The normalized spacial score (nSPS) is 10.9. The van der Waals surface area contributed by atoms with Crippen LogP contribution in [0.3, 0.4) is 0 Å².